The third kappa shape index (κ3) is 7.92. The maximum absolute atomic E-state index is 12.5. The van der Waals surface area contributed by atoms with Crippen molar-refractivity contribution < 1.29 is 4.79 Å². The van der Waals surface area contributed by atoms with E-state index in [0.717, 1.165) is 62.4 Å². The van der Waals surface area contributed by atoms with E-state index in [1.165, 1.54) is 16.7 Å². The van der Waals surface area contributed by atoms with Crippen LogP contribution in [0.4, 0.5) is 0 Å². The van der Waals surface area contributed by atoms with E-state index >= 15 is 0 Å². The van der Waals surface area contributed by atoms with Crippen LogP contribution in [0, 0.1) is 0 Å². The number of ketones is 1. The molecule has 0 aliphatic carbocycles. The van der Waals surface area contributed by atoms with Gasteiger partial charge in [-0.2, -0.15) is 0 Å². The number of carbonyl (C=O) groups is 1. The van der Waals surface area contributed by atoms with Gasteiger partial charge < -0.3 is 10.2 Å². The Morgan fingerprint density at radius 1 is 1.07 bits per heavy atom. The summed E-state index contributed by atoms with van der Waals surface area (Å²) in [5, 5.41) is 4.22. The molecule has 6 heteroatoms. The maximum Gasteiger partial charge on any atom is 0.162 e. The molecule has 0 saturated heterocycles. The monoisotopic (exact) mass is 456 g/mol. The highest BCUT2D eigenvalue weighted by Gasteiger charge is 2.12. The second-order valence-corrected chi connectivity index (χ2v) is 7.84. The minimum absolute atomic E-state index is 0. The maximum atomic E-state index is 12.5. The average Bonchev–Trinajstić information content (AvgIpc) is 2.70. The van der Waals surface area contributed by atoms with E-state index in [0.29, 0.717) is 6.42 Å². The number of unbranched alkanes of at least 4 members (excludes halogenated alkanes) is 1. The Balaban J connectivity index is 0.00000210. The van der Waals surface area contributed by atoms with Crippen LogP contribution in [0.5, 0.6) is 0 Å². The smallest absolute Gasteiger partial charge is 0.162 e. The van der Waals surface area contributed by atoms with Crippen LogP contribution >= 0.6 is 36.4 Å². The van der Waals surface area contributed by atoms with Crippen LogP contribution in [0.2, 0.25) is 5.02 Å². The molecule has 160 valence electrons. The molecule has 0 aromatic heterocycles. The predicted octanol–water partition coefficient (Wildman–Crippen LogP) is 5.36. The van der Waals surface area contributed by atoms with Crippen LogP contribution in [-0.2, 0) is 19.4 Å². The lowest BCUT2D eigenvalue weighted by atomic mass is 9.96. The summed E-state index contributed by atoms with van der Waals surface area (Å²) in [4.78, 5) is 14.8. The quantitative estimate of drug-likeness (QED) is 0.406. The zero-order valence-electron chi connectivity index (χ0n) is 17.0. The van der Waals surface area contributed by atoms with Crippen molar-refractivity contribution in [3.63, 3.8) is 0 Å². The molecule has 0 unspecified atom stereocenters. The van der Waals surface area contributed by atoms with Gasteiger partial charge >= 0.3 is 0 Å². The number of halogens is 3. The van der Waals surface area contributed by atoms with Gasteiger partial charge in [-0.3, -0.25) is 4.79 Å². The fourth-order valence-electron chi connectivity index (χ4n) is 3.59. The Hall–Kier alpha value is -1.10. The van der Waals surface area contributed by atoms with E-state index in [4.69, 9.17) is 11.6 Å². The molecule has 2 aromatic carbocycles. The highest BCUT2D eigenvalue weighted by atomic mass is 35.5. The summed E-state index contributed by atoms with van der Waals surface area (Å²) in [6.45, 7) is 3.90. The molecule has 0 bridgehead atoms. The molecular weight excluding hydrogens is 427 g/mol. The van der Waals surface area contributed by atoms with Crippen molar-refractivity contribution >= 4 is 42.2 Å². The Morgan fingerprint density at radius 3 is 2.66 bits per heavy atom. The molecule has 1 aliphatic rings. The number of nitrogens with zero attached hydrogens (tertiary/aromatic N) is 1. The molecule has 0 spiro atoms. The van der Waals surface area contributed by atoms with Crippen LogP contribution < -0.4 is 5.32 Å². The van der Waals surface area contributed by atoms with Crippen LogP contribution in [0.25, 0.3) is 0 Å². The summed E-state index contributed by atoms with van der Waals surface area (Å²) >= 11 is 6.21. The van der Waals surface area contributed by atoms with E-state index in [9.17, 15) is 4.79 Å². The topological polar surface area (TPSA) is 32.3 Å². The third-order valence-electron chi connectivity index (χ3n) is 5.33. The summed E-state index contributed by atoms with van der Waals surface area (Å²) < 4.78 is 0. The number of Topliss-reactive ketones (excluding diaryl/α,β-unsaturated/α-hetero) is 1. The second-order valence-electron chi connectivity index (χ2n) is 7.44. The third-order valence-corrected chi connectivity index (χ3v) is 5.70. The van der Waals surface area contributed by atoms with Crippen molar-refractivity contribution in [2.45, 2.75) is 38.6 Å². The molecule has 1 N–H and O–H groups in total. The van der Waals surface area contributed by atoms with E-state index in [1.54, 1.807) is 0 Å². The number of benzene rings is 2. The summed E-state index contributed by atoms with van der Waals surface area (Å²) in [6.07, 6.45) is 4.62. The fourth-order valence-corrected chi connectivity index (χ4v) is 3.82. The number of rotatable bonds is 9. The molecule has 0 saturated carbocycles. The van der Waals surface area contributed by atoms with Gasteiger partial charge in [0.2, 0.25) is 0 Å². The van der Waals surface area contributed by atoms with Crippen LogP contribution in [0.15, 0.2) is 42.5 Å². The Bertz CT molecular complexity index is 782. The standard InChI is InChI=1S/C23H29ClN2O.2ClH/c1-26(15-12-19-6-2-3-7-22(19)24)14-5-4-8-23(27)20-10-9-18-11-13-25-17-21(18)16-20;;/h2-3,6-7,9-10,16,25H,4-5,8,11-15,17H2,1H3;2*1H. The molecule has 0 fully saturated rings. The van der Waals surface area contributed by atoms with Crippen molar-refractivity contribution in [3.8, 4) is 0 Å². The van der Waals surface area contributed by atoms with Crippen molar-refractivity contribution in [2.24, 2.45) is 0 Å². The van der Waals surface area contributed by atoms with Crippen molar-refractivity contribution in [2.75, 3.05) is 26.7 Å². The fraction of sp³-hybridized carbons (Fsp3) is 0.435. The molecule has 1 heterocycles. The van der Waals surface area contributed by atoms with E-state index < -0.39 is 0 Å². The first-order valence-electron chi connectivity index (χ1n) is 9.91. The van der Waals surface area contributed by atoms with Crippen LogP contribution in [-0.4, -0.2) is 37.4 Å². The molecule has 29 heavy (non-hydrogen) atoms. The van der Waals surface area contributed by atoms with Crippen molar-refractivity contribution in [3.05, 3.63) is 69.7 Å². The van der Waals surface area contributed by atoms with Crippen LogP contribution in [0.1, 0.15) is 46.3 Å². The molecule has 0 atom stereocenters. The van der Waals surface area contributed by atoms with E-state index in [1.807, 2.05) is 24.3 Å². The zero-order chi connectivity index (χ0) is 19.1. The predicted molar refractivity (Wildman–Crippen MR) is 127 cm³/mol. The minimum Gasteiger partial charge on any atom is -0.312 e. The number of hydrogen-bond acceptors (Lipinski definition) is 3. The molecule has 0 radical (unpaired) electrons. The summed E-state index contributed by atoms with van der Waals surface area (Å²) in [5.41, 5.74) is 4.73. The van der Waals surface area contributed by atoms with Crippen LogP contribution in [0.3, 0.4) is 0 Å². The van der Waals surface area contributed by atoms with Gasteiger partial charge in [-0.15, -0.1) is 24.8 Å². The lowest BCUT2D eigenvalue weighted by Crippen LogP contribution is -2.24. The summed E-state index contributed by atoms with van der Waals surface area (Å²) in [5.74, 6) is 0.266. The molecule has 0 amide bonds. The van der Waals surface area contributed by atoms with Gasteiger partial charge in [0.15, 0.2) is 5.78 Å². The number of fused-ring (bicyclic) bond motifs is 1. The van der Waals surface area contributed by atoms with Gasteiger partial charge in [-0.05, 0) is 74.6 Å². The van der Waals surface area contributed by atoms with E-state index in [-0.39, 0.29) is 30.6 Å². The molecular formula is C23H31Cl3N2O. The molecule has 1 aliphatic heterocycles. The Labute approximate surface area is 192 Å². The number of hydrogen-bond donors (Lipinski definition) is 1. The Morgan fingerprint density at radius 2 is 1.86 bits per heavy atom. The minimum atomic E-state index is 0. The first-order chi connectivity index (χ1) is 13.1. The first-order valence-corrected chi connectivity index (χ1v) is 10.3. The van der Waals surface area contributed by atoms with Gasteiger partial charge in [0, 0.05) is 30.1 Å². The first kappa shape index (κ1) is 25.9. The van der Waals surface area contributed by atoms with Gasteiger partial charge in [0.1, 0.15) is 0 Å². The summed E-state index contributed by atoms with van der Waals surface area (Å²) in [6, 6.07) is 14.2. The lowest BCUT2D eigenvalue weighted by molar-refractivity contribution is 0.0978. The van der Waals surface area contributed by atoms with Gasteiger partial charge in [0.25, 0.3) is 0 Å². The largest absolute Gasteiger partial charge is 0.312 e. The molecule has 2 aromatic rings. The molecule has 3 nitrogen and oxygen atoms in total. The van der Waals surface area contributed by atoms with Gasteiger partial charge in [-0.25, -0.2) is 0 Å². The van der Waals surface area contributed by atoms with Gasteiger partial charge in [-0.1, -0.05) is 41.9 Å². The highest BCUT2D eigenvalue weighted by Crippen LogP contribution is 2.18. The van der Waals surface area contributed by atoms with Crippen molar-refractivity contribution in [1.29, 1.82) is 0 Å². The number of nitrogens with one attached hydrogen (secondary N) is 1. The Kier molecular flexibility index (Phi) is 11.9. The van der Waals surface area contributed by atoms with Gasteiger partial charge in [0.05, 0.1) is 0 Å². The second kappa shape index (κ2) is 13.3. The normalized spacial score (nSPS) is 12.7. The average molecular weight is 458 g/mol. The van der Waals surface area contributed by atoms with E-state index in [2.05, 4.69) is 35.5 Å². The summed E-state index contributed by atoms with van der Waals surface area (Å²) in [7, 11) is 2.13. The number of likely N-dealkylation sites (N-methyl/N-ethyl adjacent to an activating group) is 1. The highest BCUT2D eigenvalue weighted by molar-refractivity contribution is 6.31. The zero-order valence-corrected chi connectivity index (χ0v) is 19.3. The SMILES string of the molecule is CN(CCCCC(=O)c1ccc2c(c1)CNCC2)CCc1ccccc1Cl.Cl.Cl. The molecule has 3 rings (SSSR count). The number of carbonyl (C=O) groups excluding carboxylic acids is 1. The lowest BCUT2D eigenvalue weighted by Gasteiger charge is -2.18. The van der Waals surface area contributed by atoms with Crippen molar-refractivity contribution in [1.82, 2.24) is 10.2 Å².